The molecule has 1 saturated carbocycles. The van der Waals surface area contributed by atoms with Gasteiger partial charge in [0, 0.05) is 37.8 Å². The molecule has 2 aliphatic rings. The van der Waals surface area contributed by atoms with Crippen molar-refractivity contribution in [2.75, 3.05) is 33.3 Å². The number of methoxy groups -OCH3 is 1. The second-order valence-corrected chi connectivity index (χ2v) is 6.34. The molecule has 0 N–H and O–H groups in total. The van der Waals surface area contributed by atoms with E-state index < -0.39 is 0 Å². The first-order chi connectivity index (χ1) is 11.2. The fourth-order valence-corrected chi connectivity index (χ4v) is 3.61. The van der Waals surface area contributed by atoms with Gasteiger partial charge in [0.1, 0.15) is 0 Å². The first-order valence-corrected chi connectivity index (χ1v) is 8.41. The van der Waals surface area contributed by atoms with Gasteiger partial charge in [0.25, 0.3) is 5.91 Å². The normalized spacial score (nSPS) is 19.8. The minimum atomic E-state index is -0.380. The van der Waals surface area contributed by atoms with Crippen LogP contribution in [0, 0.1) is 0 Å². The van der Waals surface area contributed by atoms with Crippen molar-refractivity contribution in [1.82, 2.24) is 9.80 Å². The van der Waals surface area contributed by atoms with Crippen LogP contribution >= 0.6 is 0 Å². The number of benzene rings is 1. The van der Waals surface area contributed by atoms with Gasteiger partial charge in [0.05, 0.1) is 12.7 Å². The van der Waals surface area contributed by atoms with E-state index in [0.717, 1.165) is 32.2 Å². The Balaban J connectivity index is 1.57. The van der Waals surface area contributed by atoms with Crippen molar-refractivity contribution >= 4 is 11.9 Å². The Kier molecular flexibility index (Phi) is 4.96. The van der Waals surface area contributed by atoms with E-state index >= 15 is 0 Å². The van der Waals surface area contributed by atoms with Gasteiger partial charge in [0.15, 0.2) is 0 Å². The van der Waals surface area contributed by atoms with Crippen LogP contribution in [0.15, 0.2) is 24.3 Å². The third-order valence-electron chi connectivity index (χ3n) is 5.00. The molecular weight excluding hydrogens is 292 g/mol. The van der Waals surface area contributed by atoms with Crippen LogP contribution in [-0.2, 0) is 4.74 Å². The molecule has 124 valence electrons. The highest BCUT2D eigenvalue weighted by Crippen LogP contribution is 2.24. The summed E-state index contributed by atoms with van der Waals surface area (Å²) >= 11 is 0. The topological polar surface area (TPSA) is 49.9 Å². The first kappa shape index (κ1) is 16.0. The highest BCUT2D eigenvalue weighted by Gasteiger charge is 2.28. The summed E-state index contributed by atoms with van der Waals surface area (Å²) in [5.41, 5.74) is 1.10. The molecule has 0 spiro atoms. The molecule has 0 bridgehead atoms. The van der Waals surface area contributed by atoms with Gasteiger partial charge in [-0.15, -0.1) is 0 Å². The fraction of sp³-hybridized carbons (Fsp3) is 0.556. The Hall–Kier alpha value is -1.88. The van der Waals surface area contributed by atoms with E-state index in [-0.39, 0.29) is 11.9 Å². The van der Waals surface area contributed by atoms with Crippen LogP contribution in [0.5, 0.6) is 0 Å². The van der Waals surface area contributed by atoms with Gasteiger partial charge < -0.3 is 9.64 Å². The van der Waals surface area contributed by atoms with Crippen LogP contribution in [0.1, 0.15) is 46.4 Å². The van der Waals surface area contributed by atoms with Crippen LogP contribution in [0.2, 0.25) is 0 Å². The van der Waals surface area contributed by atoms with Gasteiger partial charge in [0.2, 0.25) is 0 Å². The smallest absolute Gasteiger partial charge is 0.337 e. The zero-order valence-corrected chi connectivity index (χ0v) is 13.7. The number of piperazine rings is 1. The standard InChI is InChI=1S/C18H24N2O3/c1-23-18(22)15-8-6-14(7-9-15)17(21)20-12-10-19(11-13-20)16-4-2-3-5-16/h6-9,16H,2-5,10-13H2,1H3. The molecule has 3 rings (SSSR count). The van der Waals surface area contributed by atoms with E-state index in [0.29, 0.717) is 11.1 Å². The molecule has 1 aromatic rings. The Morgan fingerprint density at radius 2 is 1.52 bits per heavy atom. The monoisotopic (exact) mass is 316 g/mol. The summed E-state index contributed by atoms with van der Waals surface area (Å²) in [6.07, 6.45) is 5.30. The van der Waals surface area contributed by atoms with E-state index in [1.54, 1.807) is 24.3 Å². The lowest BCUT2D eigenvalue weighted by Crippen LogP contribution is -2.51. The maximum Gasteiger partial charge on any atom is 0.337 e. The van der Waals surface area contributed by atoms with Gasteiger partial charge in [-0.3, -0.25) is 9.69 Å². The number of esters is 1. The fourth-order valence-electron chi connectivity index (χ4n) is 3.61. The maximum absolute atomic E-state index is 12.6. The molecule has 5 nitrogen and oxygen atoms in total. The highest BCUT2D eigenvalue weighted by atomic mass is 16.5. The van der Waals surface area contributed by atoms with Crippen LogP contribution in [0.3, 0.4) is 0 Å². The first-order valence-electron chi connectivity index (χ1n) is 8.41. The van der Waals surface area contributed by atoms with Gasteiger partial charge in [-0.25, -0.2) is 4.79 Å². The molecular formula is C18H24N2O3. The average molecular weight is 316 g/mol. The lowest BCUT2D eigenvalue weighted by atomic mass is 10.1. The van der Waals surface area contributed by atoms with Gasteiger partial charge >= 0.3 is 5.97 Å². The number of carbonyl (C=O) groups excluding carboxylic acids is 2. The summed E-state index contributed by atoms with van der Waals surface area (Å²) in [6.45, 7) is 3.51. The van der Waals surface area contributed by atoms with E-state index in [1.807, 2.05) is 4.90 Å². The third kappa shape index (κ3) is 3.55. The summed E-state index contributed by atoms with van der Waals surface area (Å²) in [7, 11) is 1.35. The maximum atomic E-state index is 12.6. The number of ether oxygens (including phenoxy) is 1. The largest absolute Gasteiger partial charge is 0.465 e. The number of hydrogen-bond acceptors (Lipinski definition) is 4. The van der Waals surface area contributed by atoms with Crippen LogP contribution in [0.25, 0.3) is 0 Å². The quantitative estimate of drug-likeness (QED) is 0.802. The summed E-state index contributed by atoms with van der Waals surface area (Å²) in [4.78, 5) is 28.5. The summed E-state index contributed by atoms with van der Waals surface area (Å²) in [5.74, 6) is -0.332. The molecule has 1 amide bonds. The van der Waals surface area contributed by atoms with Crippen molar-refractivity contribution in [3.05, 3.63) is 35.4 Å². The van der Waals surface area contributed by atoms with Crippen LogP contribution < -0.4 is 0 Å². The van der Waals surface area contributed by atoms with Crippen molar-refractivity contribution in [3.63, 3.8) is 0 Å². The molecule has 0 radical (unpaired) electrons. The lowest BCUT2D eigenvalue weighted by Gasteiger charge is -2.38. The van der Waals surface area contributed by atoms with Crippen LogP contribution in [-0.4, -0.2) is 61.0 Å². The van der Waals surface area contributed by atoms with Crippen molar-refractivity contribution in [2.24, 2.45) is 0 Å². The lowest BCUT2D eigenvalue weighted by molar-refractivity contribution is 0.0569. The molecule has 0 aromatic heterocycles. The zero-order valence-electron chi connectivity index (χ0n) is 13.7. The van der Waals surface area contributed by atoms with E-state index in [2.05, 4.69) is 9.64 Å². The Morgan fingerprint density at radius 1 is 0.957 bits per heavy atom. The Morgan fingerprint density at radius 3 is 2.09 bits per heavy atom. The summed E-state index contributed by atoms with van der Waals surface area (Å²) < 4.78 is 4.67. The molecule has 1 aliphatic carbocycles. The number of nitrogens with zero attached hydrogens (tertiary/aromatic N) is 2. The molecule has 1 saturated heterocycles. The molecule has 0 unspecified atom stereocenters. The predicted octanol–water partition coefficient (Wildman–Crippen LogP) is 2.17. The SMILES string of the molecule is COC(=O)c1ccc(C(=O)N2CCN(C3CCCC3)CC2)cc1. The third-order valence-corrected chi connectivity index (χ3v) is 5.00. The summed E-state index contributed by atoms with van der Waals surface area (Å²) in [5, 5.41) is 0. The zero-order chi connectivity index (χ0) is 16.2. The highest BCUT2D eigenvalue weighted by molar-refractivity contribution is 5.96. The second-order valence-electron chi connectivity index (χ2n) is 6.34. The van der Waals surface area contributed by atoms with Crippen molar-refractivity contribution < 1.29 is 14.3 Å². The number of carbonyl (C=O) groups is 2. The molecule has 23 heavy (non-hydrogen) atoms. The van der Waals surface area contributed by atoms with E-state index in [1.165, 1.54) is 32.8 Å². The van der Waals surface area contributed by atoms with Crippen molar-refractivity contribution in [2.45, 2.75) is 31.7 Å². The predicted molar refractivity (Wildman–Crippen MR) is 87.5 cm³/mol. The number of amides is 1. The molecule has 1 aliphatic heterocycles. The van der Waals surface area contributed by atoms with Gasteiger partial charge in [-0.1, -0.05) is 12.8 Å². The number of rotatable bonds is 3. The molecule has 1 heterocycles. The minimum Gasteiger partial charge on any atom is -0.465 e. The average Bonchev–Trinajstić information content (AvgIpc) is 3.15. The van der Waals surface area contributed by atoms with Gasteiger partial charge in [-0.05, 0) is 37.1 Å². The Bertz CT molecular complexity index is 556. The van der Waals surface area contributed by atoms with Crippen LogP contribution in [0.4, 0.5) is 0 Å². The van der Waals surface area contributed by atoms with E-state index in [4.69, 9.17) is 0 Å². The second kappa shape index (κ2) is 7.13. The van der Waals surface area contributed by atoms with Gasteiger partial charge in [-0.2, -0.15) is 0 Å². The molecule has 0 atom stereocenters. The molecule has 1 aromatic carbocycles. The number of hydrogen-bond donors (Lipinski definition) is 0. The minimum absolute atomic E-state index is 0.0486. The van der Waals surface area contributed by atoms with Crippen molar-refractivity contribution in [3.8, 4) is 0 Å². The molecule has 5 heteroatoms. The van der Waals surface area contributed by atoms with E-state index in [9.17, 15) is 9.59 Å². The molecule has 2 fully saturated rings. The Labute approximate surface area is 137 Å². The van der Waals surface area contributed by atoms with Crippen molar-refractivity contribution in [1.29, 1.82) is 0 Å². The summed E-state index contributed by atoms with van der Waals surface area (Å²) in [6, 6.07) is 7.43.